The summed E-state index contributed by atoms with van der Waals surface area (Å²) >= 11 is 6.15. The molecule has 0 atom stereocenters. The van der Waals surface area contributed by atoms with Gasteiger partial charge in [0.25, 0.3) is 0 Å². The van der Waals surface area contributed by atoms with E-state index in [2.05, 4.69) is 10.4 Å². The van der Waals surface area contributed by atoms with Crippen molar-refractivity contribution < 1.29 is 4.79 Å². The lowest BCUT2D eigenvalue weighted by molar-refractivity contribution is -0.123. The van der Waals surface area contributed by atoms with Gasteiger partial charge in [-0.3, -0.25) is 9.48 Å². The number of nitrogens with zero attached hydrogens (tertiary/aromatic N) is 2. The molecule has 0 saturated heterocycles. The second kappa shape index (κ2) is 4.28. The third-order valence-corrected chi connectivity index (χ3v) is 2.95. The molecule has 1 amide bonds. The summed E-state index contributed by atoms with van der Waals surface area (Å²) < 4.78 is 1.72. The highest BCUT2D eigenvalue weighted by Gasteiger charge is 2.22. The van der Waals surface area contributed by atoms with Crippen LogP contribution in [-0.2, 0) is 11.8 Å². The second-order valence-electron chi connectivity index (χ2n) is 5.40. The van der Waals surface area contributed by atoms with Crippen LogP contribution in [0.1, 0.15) is 20.8 Å². The SMILES string of the molecule is Cn1cc2cc(Cl)c(NC(=O)C(C)(C)C)cc2n1. The maximum Gasteiger partial charge on any atom is 0.229 e. The highest BCUT2D eigenvalue weighted by Crippen LogP contribution is 2.28. The second-order valence-corrected chi connectivity index (χ2v) is 5.80. The molecule has 5 heteroatoms. The Morgan fingerprint density at radius 2 is 2.06 bits per heavy atom. The number of halogens is 1. The fourth-order valence-electron chi connectivity index (χ4n) is 1.57. The third kappa shape index (κ3) is 2.48. The van der Waals surface area contributed by atoms with Crippen molar-refractivity contribution in [3.8, 4) is 0 Å². The van der Waals surface area contributed by atoms with Gasteiger partial charge in [0.2, 0.25) is 5.91 Å². The molecule has 0 aliphatic heterocycles. The summed E-state index contributed by atoms with van der Waals surface area (Å²) in [6.45, 7) is 5.57. The van der Waals surface area contributed by atoms with Crippen molar-refractivity contribution in [2.24, 2.45) is 12.5 Å². The van der Waals surface area contributed by atoms with Gasteiger partial charge in [0, 0.05) is 24.0 Å². The predicted octanol–water partition coefficient (Wildman–Crippen LogP) is 3.21. The Kier molecular flexibility index (Phi) is 3.07. The van der Waals surface area contributed by atoms with Crippen molar-refractivity contribution in [1.29, 1.82) is 0 Å². The highest BCUT2D eigenvalue weighted by molar-refractivity contribution is 6.34. The Balaban J connectivity index is 2.39. The molecule has 0 aliphatic carbocycles. The molecule has 1 N–H and O–H groups in total. The Hall–Kier alpha value is -1.55. The van der Waals surface area contributed by atoms with Crippen molar-refractivity contribution in [1.82, 2.24) is 9.78 Å². The Labute approximate surface area is 111 Å². The average Bonchev–Trinajstić information content (AvgIpc) is 2.56. The molecule has 0 spiro atoms. The van der Waals surface area contributed by atoms with Crippen LogP contribution in [0, 0.1) is 5.41 Å². The molecule has 2 rings (SSSR count). The lowest BCUT2D eigenvalue weighted by atomic mass is 9.95. The van der Waals surface area contributed by atoms with Gasteiger partial charge < -0.3 is 5.32 Å². The normalized spacial score (nSPS) is 11.8. The number of benzene rings is 1. The number of hydrogen-bond donors (Lipinski definition) is 1. The summed E-state index contributed by atoms with van der Waals surface area (Å²) in [5.41, 5.74) is 0.955. The lowest BCUT2D eigenvalue weighted by Crippen LogP contribution is -2.27. The molecule has 0 unspecified atom stereocenters. The first-order valence-electron chi connectivity index (χ1n) is 5.72. The average molecular weight is 266 g/mol. The smallest absolute Gasteiger partial charge is 0.229 e. The van der Waals surface area contributed by atoms with Crippen LogP contribution in [0.3, 0.4) is 0 Å². The highest BCUT2D eigenvalue weighted by atomic mass is 35.5. The zero-order valence-electron chi connectivity index (χ0n) is 10.9. The topological polar surface area (TPSA) is 46.9 Å². The molecule has 18 heavy (non-hydrogen) atoms. The van der Waals surface area contributed by atoms with Crippen molar-refractivity contribution in [3.63, 3.8) is 0 Å². The number of aromatic nitrogens is 2. The number of nitrogens with one attached hydrogen (secondary N) is 1. The Morgan fingerprint density at radius 1 is 1.39 bits per heavy atom. The van der Waals surface area contributed by atoms with Crippen LogP contribution in [0.4, 0.5) is 5.69 Å². The summed E-state index contributed by atoms with van der Waals surface area (Å²) in [5, 5.41) is 8.60. The van der Waals surface area contributed by atoms with Crippen molar-refractivity contribution in [2.45, 2.75) is 20.8 Å². The maximum atomic E-state index is 11.9. The molecule has 0 aliphatic rings. The minimum atomic E-state index is -0.456. The summed E-state index contributed by atoms with van der Waals surface area (Å²) in [6.07, 6.45) is 1.89. The van der Waals surface area contributed by atoms with Crippen LogP contribution in [0.5, 0.6) is 0 Å². The monoisotopic (exact) mass is 265 g/mol. The molecule has 2 aromatic rings. The van der Waals surface area contributed by atoms with Gasteiger partial charge in [0.1, 0.15) is 0 Å². The minimum absolute atomic E-state index is 0.0697. The molecule has 0 radical (unpaired) electrons. The van der Waals surface area contributed by atoms with Gasteiger partial charge in [-0.25, -0.2) is 0 Å². The van der Waals surface area contributed by atoms with E-state index in [1.807, 2.05) is 40.1 Å². The van der Waals surface area contributed by atoms with E-state index < -0.39 is 5.41 Å². The van der Waals surface area contributed by atoms with Crippen molar-refractivity contribution in [3.05, 3.63) is 23.4 Å². The van der Waals surface area contributed by atoms with Crippen LogP contribution >= 0.6 is 11.6 Å². The third-order valence-electron chi connectivity index (χ3n) is 2.64. The Morgan fingerprint density at radius 3 is 2.67 bits per heavy atom. The summed E-state index contributed by atoms with van der Waals surface area (Å²) in [4.78, 5) is 11.9. The molecule has 0 bridgehead atoms. The number of rotatable bonds is 1. The zero-order valence-corrected chi connectivity index (χ0v) is 11.7. The number of hydrogen-bond acceptors (Lipinski definition) is 2. The minimum Gasteiger partial charge on any atom is -0.324 e. The number of fused-ring (bicyclic) bond motifs is 1. The summed E-state index contributed by atoms with van der Waals surface area (Å²) in [7, 11) is 1.85. The molecule has 1 heterocycles. The number of anilines is 1. The fourth-order valence-corrected chi connectivity index (χ4v) is 1.79. The van der Waals surface area contributed by atoms with E-state index in [9.17, 15) is 4.79 Å². The van der Waals surface area contributed by atoms with Gasteiger partial charge in [-0.15, -0.1) is 0 Å². The molecule has 1 aromatic heterocycles. The van der Waals surface area contributed by atoms with E-state index in [1.165, 1.54) is 0 Å². The molecule has 0 saturated carbocycles. The van der Waals surface area contributed by atoms with Crippen molar-refractivity contribution in [2.75, 3.05) is 5.32 Å². The van der Waals surface area contributed by atoms with E-state index >= 15 is 0 Å². The van der Waals surface area contributed by atoms with E-state index in [0.29, 0.717) is 10.7 Å². The summed E-state index contributed by atoms with van der Waals surface area (Å²) in [6, 6.07) is 3.60. The van der Waals surface area contributed by atoms with Crippen LogP contribution in [0.25, 0.3) is 10.9 Å². The number of carbonyl (C=O) groups excluding carboxylic acids is 1. The van der Waals surface area contributed by atoms with Crippen LogP contribution in [0.2, 0.25) is 5.02 Å². The van der Waals surface area contributed by atoms with Gasteiger partial charge in [0.05, 0.1) is 16.2 Å². The molecule has 96 valence electrons. The quantitative estimate of drug-likeness (QED) is 0.861. The molecule has 4 nitrogen and oxygen atoms in total. The van der Waals surface area contributed by atoms with E-state index in [-0.39, 0.29) is 5.91 Å². The van der Waals surface area contributed by atoms with Crippen LogP contribution in [-0.4, -0.2) is 15.7 Å². The van der Waals surface area contributed by atoms with Gasteiger partial charge >= 0.3 is 0 Å². The van der Waals surface area contributed by atoms with Gasteiger partial charge in [-0.1, -0.05) is 32.4 Å². The largest absolute Gasteiger partial charge is 0.324 e. The zero-order chi connectivity index (χ0) is 13.5. The number of aryl methyl sites for hydroxylation is 1. The van der Waals surface area contributed by atoms with E-state index in [1.54, 1.807) is 10.7 Å². The molecular formula is C13H16ClN3O. The van der Waals surface area contributed by atoms with Gasteiger partial charge in [-0.05, 0) is 12.1 Å². The number of amides is 1. The molecule has 1 aromatic carbocycles. The first-order valence-corrected chi connectivity index (χ1v) is 6.09. The molecular weight excluding hydrogens is 250 g/mol. The van der Waals surface area contributed by atoms with E-state index in [4.69, 9.17) is 11.6 Å². The maximum absolute atomic E-state index is 11.9. The lowest BCUT2D eigenvalue weighted by Gasteiger charge is -2.18. The van der Waals surface area contributed by atoms with Crippen molar-refractivity contribution >= 4 is 34.1 Å². The molecule has 0 fully saturated rings. The summed E-state index contributed by atoms with van der Waals surface area (Å²) in [5.74, 6) is -0.0697. The van der Waals surface area contributed by atoms with Gasteiger partial charge in [0.15, 0.2) is 0 Å². The van der Waals surface area contributed by atoms with Crippen LogP contribution in [0.15, 0.2) is 18.3 Å². The first-order chi connectivity index (χ1) is 8.27. The number of carbonyl (C=O) groups is 1. The Bertz CT molecular complexity index is 610. The first kappa shape index (κ1) is 12.9. The van der Waals surface area contributed by atoms with Gasteiger partial charge in [-0.2, -0.15) is 5.10 Å². The predicted molar refractivity (Wildman–Crippen MR) is 73.8 cm³/mol. The fraction of sp³-hybridized carbons (Fsp3) is 0.385. The van der Waals surface area contributed by atoms with E-state index in [0.717, 1.165) is 10.9 Å². The standard InChI is InChI=1S/C13H16ClN3O/c1-13(2,3)12(18)15-11-6-10-8(5-9(11)14)7-17(4)16-10/h5-7H,1-4H3,(H,15,18). The van der Waals surface area contributed by atoms with Crippen LogP contribution < -0.4 is 5.32 Å².